The molecule has 0 saturated heterocycles. The van der Waals surface area contributed by atoms with E-state index in [4.69, 9.17) is 16.3 Å². The van der Waals surface area contributed by atoms with E-state index < -0.39 is 11.9 Å². The summed E-state index contributed by atoms with van der Waals surface area (Å²) in [7, 11) is 0. The minimum absolute atomic E-state index is 0. The summed E-state index contributed by atoms with van der Waals surface area (Å²) in [4.78, 5) is 23.2. The number of anilines is 1. The van der Waals surface area contributed by atoms with E-state index in [2.05, 4.69) is 5.32 Å². The fourth-order valence-corrected chi connectivity index (χ4v) is 2.62. The number of rotatable bonds is 5. The number of nitrogens with one attached hydrogen (secondary N) is 1. The van der Waals surface area contributed by atoms with Gasteiger partial charge in [0.1, 0.15) is 5.75 Å². The summed E-state index contributed by atoms with van der Waals surface area (Å²) < 4.78 is 5.58. The molecule has 3 aromatic carbocycles. The van der Waals surface area contributed by atoms with Crippen LogP contribution in [0.5, 0.6) is 5.75 Å². The number of carboxylic acids is 1. The number of hydrogen-bond acceptors (Lipinski definition) is 4. The van der Waals surface area contributed by atoms with E-state index in [1.165, 1.54) is 18.2 Å². The lowest BCUT2D eigenvalue weighted by molar-refractivity contribution is -0.254. The summed E-state index contributed by atoms with van der Waals surface area (Å²) in [5, 5.41) is 15.8. The van der Waals surface area contributed by atoms with Crippen molar-refractivity contribution in [3.8, 4) is 5.75 Å². The molecule has 0 saturated carbocycles. The number of benzene rings is 3. The number of carboxylic acid groups (broad SMARTS) is 1. The molecule has 0 atom stereocenters. The van der Waals surface area contributed by atoms with E-state index >= 15 is 0 Å². The minimum atomic E-state index is -1.40. The fourth-order valence-electron chi connectivity index (χ4n) is 2.45. The molecule has 7 heteroatoms. The van der Waals surface area contributed by atoms with Crippen LogP contribution in [0.2, 0.25) is 5.02 Å². The average molecular weight is 373 g/mol. The lowest BCUT2D eigenvalue weighted by atomic mass is 10.1. The van der Waals surface area contributed by atoms with Crippen molar-refractivity contribution in [1.82, 2.24) is 6.15 Å². The van der Waals surface area contributed by atoms with Crippen molar-refractivity contribution in [2.24, 2.45) is 0 Å². The predicted molar refractivity (Wildman–Crippen MR) is 99.8 cm³/mol. The Morgan fingerprint density at radius 3 is 2.54 bits per heavy atom. The molecule has 5 N–H and O–H groups in total. The lowest BCUT2D eigenvalue weighted by Gasteiger charge is -2.13. The summed E-state index contributed by atoms with van der Waals surface area (Å²) >= 11 is 5.85. The zero-order valence-electron chi connectivity index (χ0n) is 14.0. The van der Waals surface area contributed by atoms with E-state index in [0.29, 0.717) is 10.8 Å². The molecule has 3 rings (SSSR count). The molecular weight excluding hydrogens is 356 g/mol. The number of halogens is 1. The van der Waals surface area contributed by atoms with Crippen molar-refractivity contribution in [2.75, 3.05) is 11.9 Å². The molecule has 0 fully saturated rings. The van der Waals surface area contributed by atoms with Gasteiger partial charge in [-0.15, -0.1) is 0 Å². The Morgan fingerprint density at radius 2 is 1.77 bits per heavy atom. The zero-order chi connectivity index (χ0) is 17.8. The Balaban J connectivity index is 0.00000243. The summed E-state index contributed by atoms with van der Waals surface area (Å²) in [6.07, 6.45) is 0. The topological polar surface area (TPSA) is 115 Å². The Morgan fingerprint density at radius 1 is 1.04 bits per heavy atom. The number of aromatic carboxylic acids is 1. The second-order valence-electron chi connectivity index (χ2n) is 5.29. The Labute approximate surface area is 154 Å². The standard InChI is InChI=1S/C19H14ClNO4.H3N/c20-13-8-9-15(19(23)24)16(10-13)21-18(22)11-25-17-7-3-5-12-4-1-2-6-14(12)17;/h1-10H,11H2,(H,21,22)(H,23,24);1H3. The van der Waals surface area contributed by atoms with E-state index in [-0.39, 0.29) is 24.0 Å². The smallest absolute Gasteiger partial charge is 0.262 e. The third kappa shape index (κ3) is 4.30. The van der Waals surface area contributed by atoms with Crippen LogP contribution in [-0.2, 0) is 4.79 Å². The molecule has 0 unspecified atom stereocenters. The van der Waals surface area contributed by atoms with Crippen LogP contribution in [0.3, 0.4) is 0 Å². The van der Waals surface area contributed by atoms with Crippen LogP contribution >= 0.6 is 11.6 Å². The second kappa shape index (κ2) is 8.33. The zero-order valence-corrected chi connectivity index (χ0v) is 14.7. The molecule has 0 aliphatic rings. The normalized spacial score (nSPS) is 10.0. The quantitative estimate of drug-likeness (QED) is 0.715. The van der Waals surface area contributed by atoms with Crippen LogP contribution in [0, 0.1) is 0 Å². The molecule has 0 spiro atoms. The fraction of sp³-hybridized carbons (Fsp3) is 0.0526. The van der Waals surface area contributed by atoms with E-state index in [9.17, 15) is 14.7 Å². The Hall–Kier alpha value is -3.09. The molecule has 134 valence electrons. The molecule has 0 aliphatic heterocycles. The van der Waals surface area contributed by atoms with Gasteiger partial charge in [0.15, 0.2) is 6.61 Å². The van der Waals surface area contributed by atoms with Gasteiger partial charge in [-0.05, 0) is 29.7 Å². The highest BCUT2D eigenvalue weighted by Crippen LogP contribution is 2.25. The number of amides is 1. The maximum absolute atomic E-state index is 12.1. The van der Waals surface area contributed by atoms with Gasteiger partial charge in [-0.25, -0.2) is 0 Å². The summed E-state index contributed by atoms with van der Waals surface area (Å²) in [5.74, 6) is -1.33. The number of carbonyl (C=O) groups is 2. The second-order valence-corrected chi connectivity index (χ2v) is 5.73. The number of fused-ring (bicyclic) bond motifs is 1. The SMILES string of the molecule is O=C(COc1cccc2ccccc12)Nc1cc(Cl)ccc1C(=O)[O-].[NH4+]. The molecule has 1 amide bonds. The van der Waals surface area contributed by atoms with Crippen LogP contribution < -0.4 is 21.3 Å². The van der Waals surface area contributed by atoms with Crippen LogP contribution in [0.15, 0.2) is 60.7 Å². The van der Waals surface area contributed by atoms with Crippen LogP contribution in [0.25, 0.3) is 10.8 Å². The third-order valence-electron chi connectivity index (χ3n) is 3.58. The number of carbonyl (C=O) groups excluding carboxylic acids is 2. The summed E-state index contributed by atoms with van der Waals surface area (Å²) in [5.41, 5.74) is -0.0815. The van der Waals surface area contributed by atoms with Crippen molar-refractivity contribution in [3.63, 3.8) is 0 Å². The molecule has 0 radical (unpaired) electrons. The van der Waals surface area contributed by atoms with Crippen molar-refractivity contribution in [2.45, 2.75) is 0 Å². The minimum Gasteiger partial charge on any atom is -0.545 e. The lowest BCUT2D eigenvalue weighted by Crippen LogP contribution is -2.26. The number of ether oxygens (including phenoxy) is 1. The molecule has 0 heterocycles. The van der Waals surface area contributed by atoms with E-state index in [1.54, 1.807) is 6.07 Å². The number of hydrogen-bond donors (Lipinski definition) is 2. The Kier molecular flexibility index (Phi) is 6.16. The van der Waals surface area contributed by atoms with Gasteiger partial charge in [0, 0.05) is 16.0 Å². The maximum atomic E-state index is 12.1. The molecule has 26 heavy (non-hydrogen) atoms. The van der Waals surface area contributed by atoms with Gasteiger partial charge < -0.3 is 26.1 Å². The first kappa shape index (κ1) is 19.2. The van der Waals surface area contributed by atoms with Gasteiger partial charge in [-0.1, -0.05) is 48.0 Å². The van der Waals surface area contributed by atoms with Crippen LogP contribution in [0.4, 0.5) is 5.69 Å². The molecular formula is C19H17ClN2O4. The molecule has 0 aromatic heterocycles. The van der Waals surface area contributed by atoms with Gasteiger partial charge in [-0.2, -0.15) is 0 Å². The predicted octanol–water partition coefficient (Wildman–Crippen LogP) is 3.25. The number of quaternary nitrogens is 1. The first-order chi connectivity index (χ1) is 12.0. The van der Waals surface area contributed by atoms with Gasteiger partial charge in [0.2, 0.25) is 0 Å². The summed E-state index contributed by atoms with van der Waals surface area (Å²) in [6.45, 7) is -0.271. The highest BCUT2D eigenvalue weighted by atomic mass is 35.5. The van der Waals surface area contributed by atoms with Crippen molar-refractivity contribution < 1.29 is 19.4 Å². The van der Waals surface area contributed by atoms with E-state index in [1.807, 2.05) is 36.4 Å². The molecule has 0 aliphatic carbocycles. The average Bonchev–Trinajstić information content (AvgIpc) is 2.59. The van der Waals surface area contributed by atoms with Gasteiger partial charge >= 0.3 is 0 Å². The first-order valence-electron chi connectivity index (χ1n) is 7.46. The van der Waals surface area contributed by atoms with Gasteiger partial charge in [0.05, 0.1) is 11.7 Å². The van der Waals surface area contributed by atoms with Crippen molar-refractivity contribution >= 4 is 39.9 Å². The third-order valence-corrected chi connectivity index (χ3v) is 3.82. The molecule has 6 nitrogen and oxygen atoms in total. The summed E-state index contributed by atoms with van der Waals surface area (Å²) in [6, 6.07) is 17.2. The van der Waals surface area contributed by atoms with E-state index in [0.717, 1.165) is 10.8 Å². The van der Waals surface area contributed by atoms with Crippen molar-refractivity contribution in [1.29, 1.82) is 0 Å². The van der Waals surface area contributed by atoms with Gasteiger partial charge in [0.25, 0.3) is 5.91 Å². The molecule has 0 bridgehead atoms. The van der Waals surface area contributed by atoms with Gasteiger partial charge in [-0.3, -0.25) is 4.79 Å². The van der Waals surface area contributed by atoms with Crippen LogP contribution in [-0.4, -0.2) is 18.5 Å². The van der Waals surface area contributed by atoms with Crippen LogP contribution in [0.1, 0.15) is 10.4 Å². The van der Waals surface area contributed by atoms with Crippen molar-refractivity contribution in [3.05, 3.63) is 71.2 Å². The monoisotopic (exact) mass is 372 g/mol. The highest BCUT2D eigenvalue weighted by Gasteiger charge is 2.10. The Bertz CT molecular complexity index is 954. The largest absolute Gasteiger partial charge is 0.545 e. The first-order valence-corrected chi connectivity index (χ1v) is 7.84. The highest BCUT2D eigenvalue weighted by molar-refractivity contribution is 6.31. The molecule has 3 aromatic rings. The maximum Gasteiger partial charge on any atom is 0.262 e.